The molecule has 2 saturated heterocycles. The molecule has 2 amide bonds. The number of aromatic nitrogens is 3. The van der Waals surface area contributed by atoms with Crippen LogP contribution in [0.3, 0.4) is 0 Å². The first-order valence-corrected chi connectivity index (χ1v) is 15.0. The summed E-state index contributed by atoms with van der Waals surface area (Å²) in [6.07, 6.45) is 4.72. The summed E-state index contributed by atoms with van der Waals surface area (Å²) in [6, 6.07) is 4.23. The van der Waals surface area contributed by atoms with Gasteiger partial charge in [-0.05, 0) is 31.0 Å². The van der Waals surface area contributed by atoms with Crippen molar-refractivity contribution in [2.45, 2.75) is 44.0 Å². The van der Waals surface area contributed by atoms with E-state index in [0.717, 1.165) is 18.5 Å². The number of amidine groups is 1. The number of hydrogen-bond donors (Lipinski definition) is 2. The van der Waals surface area contributed by atoms with Gasteiger partial charge in [-0.25, -0.2) is 18.9 Å². The fourth-order valence-electron chi connectivity index (χ4n) is 6.68. The van der Waals surface area contributed by atoms with E-state index in [0.29, 0.717) is 52.7 Å². The number of carbonyl (C=O) groups is 1. The summed E-state index contributed by atoms with van der Waals surface area (Å²) in [4.78, 5) is 26.6. The SMILES string of the molecule is O=C(N[C@H]1CC2=C(c3ccn(C(F)F)n3)[C@H](c3ccc(F)cc3Cl)N=C(c3nccs3)N2C1)N1CC2CC[C@@H](C1)C2O. The molecule has 42 heavy (non-hydrogen) atoms. The van der Waals surface area contributed by atoms with E-state index >= 15 is 0 Å². The van der Waals surface area contributed by atoms with Crippen LogP contribution in [0, 0.1) is 17.7 Å². The van der Waals surface area contributed by atoms with E-state index in [4.69, 9.17) is 16.6 Å². The van der Waals surface area contributed by atoms with E-state index in [1.165, 1.54) is 35.7 Å². The van der Waals surface area contributed by atoms with Gasteiger partial charge in [0, 0.05) is 77.5 Å². The number of nitrogens with one attached hydrogen (secondary N) is 1. The number of piperidine rings is 1. The summed E-state index contributed by atoms with van der Waals surface area (Å²) in [5.74, 6) is 0.226. The molecule has 5 heterocycles. The molecule has 2 bridgehead atoms. The maximum absolute atomic E-state index is 14.0. The van der Waals surface area contributed by atoms with Gasteiger partial charge >= 0.3 is 12.6 Å². The number of hydrogen-bond acceptors (Lipinski definition) is 7. The van der Waals surface area contributed by atoms with Gasteiger partial charge in [-0.1, -0.05) is 17.7 Å². The van der Waals surface area contributed by atoms with Crippen LogP contribution in [0.25, 0.3) is 5.57 Å². The first-order valence-electron chi connectivity index (χ1n) is 13.8. The normalized spacial score (nSPS) is 27.1. The van der Waals surface area contributed by atoms with E-state index in [1.54, 1.807) is 17.2 Å². The lowest BCUT2D eigenvalue weighted by Crippen LogP contribution is -2.53. The molecule has 1 aliphatic carbocycles. The van der Waals surface area contributed by atoms with Crippen molar-refractivity contribution >= 4 is 40.4 Å². The van der Waals surface area contributed by atoms with Gasteiger partial charge in [0.05, 0.1) is 17.8 Å². The van der Waals surface area contributed by atoms with Gasteiger partial charge in [-0.15, -0.1) is 11.3 Å². The zero-order valence-electron chi connectivity index (χ0n) is 22.2. The van der Waals surface area contributed by atoms with Gasteiger partial charge in [-0.3, -0.25) is 4.99 Å². The van der Waals surface area contributed by atoms with Crippen LogP contribution >= 0.6 is 22.9 Å². The highest BCUT2D eigenvalue weighted by molar-refractivity contribution is 7.11. The van der Waals surface area contributed by atoms with Gasteiger partial charge in [-0.2, -0.15) is 13.9 Å². The van der Waals surface area contributed by atoms with Crippen molar-refractivity contribution in [1.82, 2.24) is 29.9 Å². The number of likely N-dealkylation sites (tertiary alicyclic amines) is 1. The number of benzene rings is 1. The Morgan fingerprint density at radius 2 is 1.95 bits per heavy atom. The largest absolute Gasteiger partial charge is 0.392 e. The van der Waals surface area contributed by atoms with Gasteiger partial charge in [0.1, 0.15) is 11.9 Å². The number of fused-ring (bicyclic) bond motifs is 3. The third-order valence-electron chi connectivity index (χ3n) is 8.62. The molecule has 9 nitrogen and oxygen atoms in total. The van der Waals surface area contributed by atoms with Crippen LogP contribution in [0.15, 0.2) is 52.7 Å². The maximum atomic E-state index is 14.0. The summed E-state index contributed by atoms with van der Waals surface area (Å²) < 4.78 is 41.7. The molecule has 4 aliphatic rings. The minimum atomic E-state index is -2.83. The van der Waals surface area contributed by atoms with Crippen LogP contribution in [0.5, 0.6) is 0 Å². The number of urea groups is 1. The molecule has 7 rings (SSSR count). The minimum Gasteiger partial charge on any atom is -0.392 e. The number of amides is 2. The van der Waals surface area contributed by atoms with Crippen molar-refractivity contribution in [3.63, 3.8) is 0 Å². The molecule has 220 valence electrons. The third kappa shape index (κ3) is 4.77. The molecule has 5 atom stereocenters. The molecule has 0 radical (unpaired) electrons. The van der Waals surface area contributed by atoms with E-state index in [9.17, 15) is 23.1 Å². The van der Waals surface area contributed by atoms with E-state index in [2.05, 4.69) is 15.4 Å². The number of nitrogens with zero attached hydrogens (tertiary/aromatic N) is 6. The third-order valence-corrected chi connectivity index (χ3v) is 9.72. The lowest BCUT2D eigenvalue weighted by atomic mass is 9.92. The molecule has 0 spiro atoms. The molecular formula is C28H27ClF3N7O2S. The number of rotatable bonds is 5. The second kappa shape index (κ2) is 10.7. The van der Waals surface area contributed by atoms with Crippen LogP contribution < -0.4 is 5.32 Å². The fraction of sp³-hybridized carbons (Fsp3) is 0.429. The van der Waals surface area contributed by atoms with Gasteiger partial charge in [0.15, 0.2) is 10.8 Å². The Labute approximate surface area is 248 Å². The molecule has 3 aromatic rings. The standard InChI is InChI=1S/C28H27ClF3N7O2S/c29-19-9-16(30)3-4-18(19)23-22(20-5-7-39(36-20)27(31)32)21-10-17(13-38(21)25(35-23)26-33-6-8-42-26)34-28(41)37-11-14-1-2-15(12-37)24(14)40/h3-9,14-15,17,23-24,27,40H,1-2,10-13H2,(H,34,41)/t14-,15?,17-,23-,24?/m0/s1. The molecule has 1 aromatic carbocycles. The Morgan fingerprint density at radius 1 is 1.17 bits per heavy atom. The van der Waals surface area contributed by atoms with E-state index in [1.807, 2.05) is 10.3 Å². The topological polar surface area (TPSA) is 98.9 Å². The summed E-state index contributed by atoms with van der Waals surface area (Å²) in [5, 5.41) is 20.3. The Hall–Kier alpha value is -3.42. The molecule has 14 heteroatoms. The Morgan fingerprint density at radius 3 is 2.62 bits per heavy atom. The first kappa shape index (κ1) is 27.4. The average molecular weight is 618 g/mol. The first-order chi connectivity index (χ1) is 20.3. The number of aliphatic imine (C=N–C) groups is 1. The van der Waals surface area contributed by atoms with Crippen molar-refractivity contribution in [2.75, 3.05) is 19.6 Å². The number of carbonyl (C=O) groups excluding carboxylic acids is 1. The van der Waals surface area contributed by atoms with Crippen LogP contribution in [-0.4, -0.2) is 73.3 Å². The van der Waals surface area contributed by atoms with E-state index in [-0.39, 0.29) is 40.7 Å². The highest BCUT2D eigenvalue weighted by Gasteiger charge is 2.44. The molecule has 2 N–H and O–H groups in total. The summed E-state index contributed by atoms with van der Waals surface area (Å²) in [5.41, 5.74) is 2.09. The van der Waals surface area contributed by atoms with Crippen molar-refractivity contribution in [3.8, 4) is 0 Å². The minimum absolute atomic E-state index is 0.0912. The van der Waals surface area contributed by atoms with Crippen LogP contribution in [0.1, 0.15) is 48.1 Å². The van der Waals surface area contributed by atoms with E-state index < -0.39 is 18.4 Å². The van der Waals surface area contributed by atoms with Gasteiger partial charge in [0.25, 0.3) is 0 Å². The summed E-state index contributed by atoms with van der Waals surface area (Å²) in [6.45, 7) is -1.43. The average Bonchev–Trinajstić information content (AvgIpc) is 3.75. The van der Waals surface area contributed by atoms with Crippen molar-refractivity contribution < 1.29 is 23.1 Å². The lowest BCUT2D eigenvalue weighted by Gasteiger charge is -2.36. The summed E-state index contributed by atoms with van der Waals surface area (Å²) >= 11 is 7.92. The van der Waals surface area contributed by atoms with Crippen molar-refractivity contribution in [2.24, 2.45) is 16.8 Å². The Kier molecular flexibility index (Phi) is 6.98. The lowest BCUT2D eigenvalue weighted by molar-refractivity contribution is 0.0299. The number of aliphatic hydroxyl groups is 1. The molecule has 3 fully saturated rings. The second-order valence-corrected chi connectivity index (χ2v) is 12.4. The molecule has 2 aromatic heterocycles. The number of alkyl halides is 2. The predicted octanol–water partition coefficient (Wildman–Crippen LogP) is 4.93. The number of thiazole rings is 1. The van der Waals surface area contributed by atoms with Crippen molar-refractivity contribution in [3.05, 3.63) is 74.8 Å². The smallest absolute Gasteiger partial charge is 0.333 e. The monoisotopic (exact) mass is 617 g/mol. The van der Waals surface area contributed by atoms with Crippen LogP contribution in [0.4, 0.5) is 18.0 Å². The zero-order valence-corrected chi connectivity index (χ0v) is 23.8. The fourth-order valence-corrected chi connectivity index (χ4v) is 7.59. The van der Waals surface area contributed by atoms with Gasteiger partial charge in [0.2, 0.25) is 0 Å². The Balaban J connectivity index is 1.28. The van der Waals surface area contributed by atoms with Crippen LogP contribution in [-0.2, 0) is 0 Å². The number of aliphatic hydroxyl groups excluding tert-OH is 1. The zero-order chi connectivity index (χ0) is 29.1. The Bertz CT molecular complexity index is 1560. The molecule has 3 aliphatic heterocycles. The highest BCUT2D eigenvalue weighted by Crippen LogP contribution is 2.46. The second-order valence-electron chi connectivity index (χ2n) is 11.1. The summed E-state index contributed by atoms with van der Waals surface area (Å²) in [7, 11) is 0. The number of halogens is 4. The van der Waals surface area contributed by atoms with Gasteiger partial charge < -0.3 is 20.2 Å². The van der Waals surface area contributed by atoms with Crippen LogP contribution in [0.2, 0.25) is 5.02 Å². The van der Waals surface area contributed by atoms with Crippen molar-refractivity contribution in [1.29, 1.82) is 0 Å². The molecule has 1 saturated carbocycles. The highest BCUT2D eigenvalue weighted by atomic mass is 35.5. The predicted molar refractivity (Wildman–Crippen MR) is 151 cm³/mol. The quantitative estimate of drug-likeness (QED) is 0.423. The maximum Gasteiger partial charge on any atom is 0.333 e. The molecule has 2 unspecified atom stereocenters. The molecular weight excluding hydrogens is 591 g/mol.